The molecule has 2 N–H and O–H groups in total. The first-order valence-electron chi connectivity index (χ1n) is 20.3. The monoisotopic (exact) mass is 744 g/mol. The van der Waals surface area contributed by atoms with Crippen LogP contribution in [0.1, 0.15) is 81.7 Å². The van der Waals surface area contributed by atoms with Crippen molar-refractivity contribution in [2.45, 2.75) is 62.6 Å². The molecule has 0 bridgehead atoms. The van der Waals surface area contributed by atoms with Crippen LogP contribution in [0.3, 0.4) is 0 Å². The Morgan fingerprint density at radius 3 is 2.48 bits per heavy atom. The molecule has 2 amide bonds. The molecule has 1 aromatic heterocycles. The lowest BCUT2D eigenvalue weighted by Crippen LogP contribution is -2.49. The molecule has 4 atom stereocenters. The van der Waals surface area contributed by atoms with Crippen molar-refractivity contribution in [1.82, 2.24) is 24.9 Å². The number of likely N-dealkylation sites (tertiary alicyclic amines) is 1. The van der Waals surface area contributed by atoms with Crippen molar-refractivity contribution < 1.29 is 14.7 Å². The van der Waals surface area contributed by atoms with Crippen molar-refractivity contribution in [3.63, 3.8) is 0 Å². The highest BCUT2D eigenvalue weighted by Gasteiger charge is 2.39. The molecule has 5 heterocycles. The Morgan fingerprint density at radius 2 is 1.66 bits per heavy atom. The molecule has 9 nitrogen and oxygen atoms in total. The van der Waals surface area contributed by atoms with Crippen LogP contribution in [0.15, 0.2) is 116 Å². The molecule has 5 aliphatic rings. The van der Waals surface area contributed by atoms with E-state index in [0.717, 1.165) is 68.0 Å². The fourth-order valence-corrected chi connectivity index (χ4v) is 10.1. The van der Waals surface area contributed by atoms with Gasteiger partial charge in [-0.2, -0.15) is 5.10 Å². The van der Waals surface area contributed by atoms with Crippen molar-refractivity contribution in [2.75, 3.05) is 37.6 Å². The predicted octanol–water partition coefficient (Wildman–Crippen LogP) is 7.25. The average molecular weight is 745 g/mol. The number of hydrogen-bond acceptors (Lipinski definition) is 6. The normalized spacial score (nSPS) is 23.9. The lowest BCUT2D eigenvalue weighted by atomic mass is 9.69. The summed E-state index contributed by atoms with van der Waals surface area (Å²) in [5.74, 6) is 1.43. The molecule has 5 aromatic rings. The van der Waals surface area contributed by atoms with Gasteiger partial charge in [0, 0.05) is 73.9 Å². The number of aromatic nitrogens is 2. The average Bonchev–Trinajstić information content (AvgIpc) is 3.95. The van der Waals surface area contributed by atoms with Crippen LogP contribution in [0.2, 0.25) is 0 Å². The Morgan fingerprint density at radius 1 is 0.821 bits per heavy atom. The summed E-state index contributed by atoms with van der Waals surface area (Å²) in [6, 6.07) is 32.1. The van der Waals surface area contributed by atoms with E-state index in [9.17, 15) is 14.7 Å². The second-order valence-electron chi connectivity index (χ2n) is 16.6. The Labute approximate surface area is 328 Å². The zero-order chi connectivity index (χ0) is 37.9. The first-order chi connectivity index (χ1) is 27.3. The van der Waals surface area contributed by atoms with Crippen LogP contribution < -0.4 is 10.2 Å². The fraction of sp³-hybridized carbons (Fsp3) is 0.340. The molecule has 1 unspecified atom stereocenters. The third kappa shape index (κ3) is 6.37. The number of amides is 2. The van der Waals surface area contributed by atoms with Crippen LogP contribution in [-0.2, 0) is 17.8 Å². The molecular formula is C47H48N6O3. The summed E-state index contributed by atoms with van der Waals surface area (Å²) < 4.78 is 2.11. The summed E-state index contributed by atoms with van der Waals surface area (Å²) in [5, 5.41) is 17.8. The van der Waals surface area contributed by atoms with E-state index in [-0.39, 0.29) is 17.7 Å². The lowest BCUT2D eigenvalue weighted by Gasteiger charge is -2.40. The van der Waals surface area contributed by atoms with Crippen LogP contribution in [0.5, 0.6) is 5.75 Å². The van der Waals surface area contributed by atoms with Gasteiger partial charge in [-0.25, -0.2) is 0 Å². The molecule has 9 heteroatoms. The highest BCUT2D eigenvalue weighted by atomic mass is 16.3. The van der Waals surface area contributed by atoms with E-state index in [1.165, 1.54) is 34.4 Å². The number of nitrogens with zero attached hydrogens (tertiary/aromatic N) is 5. The van der Waals surface area contributed by atoms with Gasteiger partial charge in [-0.05, 0) is 114 Å². The summed E-state index contributed by atoms with van der Waals surface area (Å²) in [6.07, 6.45) is 8.61. The molecule has 0 radical (unpaired) electrons. The molecule has 4 aliphatic heterocycles. The summed E-state index contributed by atoms with van der Waals surface area (Å²) in [4.78, 5) is 32.7. The number of carbonyl (C=O) groups is 2. The van der Waals surface area contributed by atoms with Crippen molar-refractivity contribution in [1.29, 1.82) is 0 Å². The smallest absolute Gasteiger partial charge is 0.255 e. The van der Waals surface area contributed by atoms with Crippen molar-refractivity contribution in [2.24, 2.45) is 5.92 Å². The van der Waals surface area contributed by atoms with E-state index in [1.54, 1.807) is 4.90 Å². The molecule has 0 saturated carbocycles. The maximum atomic E-state index is 13.2. The quantitative estimate of drug-likeness (QED) is 0.174. The van der Waals surface area contributed by atoms with Gasteiger partial charge in [-0.15, -0.1) is 0 Å². The minimum Gasteiger partial charge on any atom is -0.508 e. The summed E-state index contributed by atoms with van der Waals surface area (Å²) in [7, 11) is 0. The highest BCUT2D eigenvalue weighted by molar-refractivity contribution is 6.02. The van der Waals surface area contributed by atoms with Gasteiger partial charge in [-0.1, -0.05) is 61.2 Å². The van der Waals surface area contributed by atoms with Gasteiger partial charge in [0.2, 0.25) is 5.91 Å². The SMILES string of the molecule is C=C1CCC(N2Cc3cc(-c4cnn(C5CN(C[C@@H]6CCN(c7ccc([C@H]8c9ccc(O)cc9CC[C@H]8c8ccccc8)cc7)C6)C5)c4)ccc3C2=O)C(=O)N1. The largest absolute Gasteiger partial charge is 0.508 e. The standard InChI is InChI=1S/C47H48N6O3/c1-30-7-18-44(46(55)49-30)52-26-36-21-34(10-16-43(36)47(52)56)37-23-48-53(27-37)39-28-50(29-39)24-31-19-20-51(25-31)38-12-8-33(9-13-38)45-41(32-5-3-2-4-6-32)15-11-35-22-40(54)14-17-42(35)45/h2-6,8-10,12-14,16-17,21-23,27,31,39,41,44-45,54H,1,7,11,15,18-20,24-26,28-29H2,(H,49,55)/t31-,41-,44?,45+/m0/s1. The van der Waals surface area contributed by atoms with E-state index in [4.69, 9.17) is 5.10 Å². The summed E-state index contributed by atoms with van der Waals surface area (Å²) in [5.41, 5.74) is 11.1. The van der Waals surface area contributed by atoms with E-state index >= 15 is 0 Å². The Balaban J connectivity index is 0.746. The molecule has 56 heavy (non-hydrogen) atoms. The number of nitrogens with one attached hydrogen (secondary N) is 1. The molecule has 1 aliphatic carbocycles. The maximum Gasteiger partial charge on any atom is 0.255 e. The Hall–Kier alpha value is -5.67. The van der Waals surface area contributed by atoms with E-state index in [2.05, 4.69) is 99.3 Å². The van der Waals surface area contributed by atoms with Gasteiger partial charge in [0.25, 0.3) is 5.91 Å². The van der Waals surface area contributed by atoms with E-state index < -0.39 is 6.04 Å². The third-order valence-corrected chi connectivity index (χ3v) is 13.1. The van der Waals surface area contributed by atoms with Crippen LogP contribution in [0.25, 0.3) is 11.1 Å². The number of allylic oxidation sites excluding steroid dienone is 1. The minimum absolute atomic E-state index is 0.0748. The van der Waals surface area contributed by atoms with Gasteiger partial charge in [0.05, 0.1) is 12.2 Å². The Kier molecular flexibility index (Phi) is 8.77. The number of hydrogen-bond donors (Lipinski definition) is 2. The topological polar surface area (TPSA) is 93.9 Å². The highest BCUT2D eigenvalue weighted by Crippen LogP contribution is 2.47. The molecular weight excluding hydrogens is 697 g/mol. The minimum atomic E-state index is -0.454. The van der Waals surface area contributed by atoms with Gasteiger partial charge in [-0.3, -0.25) is 19.2 Å². The number of piperidine rings is 1. The van der Waals surface area contributed by atoms with Crippen molar-refractivity contribution in [3.8, 4) is 16.9 Å². The predicted molar refractivity (Wildman–Crippen MR) is 218 cm³/mol. The second kappa shape index (κ2) is 14.1. The van der Waals surface area contributed by atoms with Crippen LogP contribution in [-0.4, -0.2) is 75.3 Å². The molecule has 3 saturated heterocycles. The number of benzene rings is 4. The maximum absolute atomic E-state index is 13.2. The third-order valence-electron chi connectivity index (χ3n) is 13.1. The summed E-state index contributed by atoms with van der Waals surface area (Å²) >= 11 is 0. The first-order valence-corrected chi connectivity index (χ1v) is 20.3. The van der Waals surface area contributed by atoms with Crippen LogP contribution in [0.4, 0.5) is 5.69 Å². The van der Waals surface area contributed by atoms with Gasteiger partial charge >= 0.3 is 0 Å². The number of rotatable bonds is 8. The zero-order valence-corrected chi connectivity index (χ0v) is 31.7. The van der Waals surface area contributed by atoms with E-state index in [1.807, 2.05) is 30.5 Å². The molecule has 0 spiro atoms. The number of phenols is 1. The molecule has 3 fully saturated rings. The molecule has 284 valence electrons. The lowest BCUT2D eigenvalue weighted by molar-refractivity contribution is -0.126. The summed E-state index contributed by atoms with van der Waals surface area (Å²) in [6.45, 7) is 9.57. The number of aromatic hydroxyl groups is 1. The number of fused-ring (bicyclic) bond motifs is 2. The zero-order valence-electron chi connectivity index (χ0n) is 31.7. The molecule has 4 aromatic carbocycles. The van der Waals surface area contributed by atoms with Gasteiger partial charge in [0.15, 0.2) is 0 Å². The molecule has 10 rings (SSSR count). The Bertz CT molecular complexity index is 2310. The van der Waals surface area contributed by atoms with Crippen molar-refractivity contribution >= 4 is 17.5 Å². The first kappa shape index (κ1) is 34.8. The number of anilines is 1. The van der Waals surface area contributed by atoms with Crippen molar-refractivity contribution in [3.05, 3.63) is 149 Å². The fourth-order valence-electron chi connectivity index (χ4n) is 10.1. The van der Waals surface area contributed by atoms with E-state index in [0.29, 0.717) is 48.6 Å². The number of phenolic OH excluding ortho intramolecular Hbond substituents is 1. The number of aryl methyl sites for hydroxylation is 1. The number of carbonyl (C=O) groups excluding carboxylic acids is 2. The van der Waals surface area contributed by atoms with Gasteiger partial charge in [0.1, 0.15) is 11.8 Å². The van der Waals surface area contributed by atoms with Gasteiger partial charge < -0.3 is 20.2 Å². The van der Waals surface area contributed by atoms with Crippen LogP contribution in [0, 0.1) is 5.92 Å². The second-order valence-corrected chi connectivity index (χ2v) is 16.6. The van der Waals surface area contributed by atoms with Crippen LogP contribution >= 0.6 is 0 Å².